The van der Waals surface area contributed by atoms with Gasteiger partial charge < -0.3 is 16.0 Å². The van der Waals surface area contributed by atoms with Crippen molar-refractivity contribution in [1.29, 1.82) is 0 Å². The Labute approximate surface area is 154 Å². The van der Waals surface area contributed by atoms with E-state index in [0.29, 0.717) is 19.6 Å². The molecule has 0 spiro atoms. The minimum atomic E-state index is -0.477. The second-order valence-corrected chi connectivity index (χ2v) is 6.40. The number of amides is 1. The van der Waals surface area contributed by atoms with Gasteiger partial charge in [-0.1, -0.05) is 6.07 Å². The largest absolute Gasteiger partial charge is 0.357 e. The Balaban J connectivity index is 0.00000441. The van der Waals surface area contributed by atoms with Gasteiger partial charge in [-0.3, -0.25) is 4.79 Å². The van der Waals surface area contributed by atoms with Gasteiger partial charge in [0.15, 0.2) is 5.96 Å². The minimum absolute atomic E-state index is 0. The van der Waals surface area contributed by atoms with Crippen LogP contribution in [0.25, 0.3) is 0 Å². The molecule has 1 rings (SSSR count). The maximum absolute atomic E-state index is 12.0. The van der Waals surface area contributed by atoms with E-state index in [9.17, 15) is 4.79 Å². The average Bonchev–Trinajstić information content (AvgIpc) is 2.95. The van der Waals surface area contributed by atoms with Crippen LogP contribution in [0.4, 0.5) is 0 Å². The first kappa shape index (κ1) is 21.2. The van der Waals surface area contributed by atoms with Gasteiger partial charge in [0.05, 0.1) is 12.0 Å². The monoisotopic (exact) mass is 438 g/mol. The summed E-state index contributed by atoms with van der Waals surface area (Å²) in [5.41, 5.74) is -0.477. The maximum Gasteiger partial charge on any atom is 0.227 e. The number of carbonyl (C=O) groups excluding carboxylic acids is 1. The number of thiophene rings is 1. The van der Waals surface area contributed by atoms with E-state index in [4.69, 9.17) is 0 Å². The SMILES string of the molecule is CCNC(=O)C(C)(C)CNC(=NCc1cccs1)NCC.I. The summed E-state index contributed by atoms with van der Waals surface area (Å²) in [4.78, 5) is 17.7. The maximum atomic E-state index is 12.0. The number of halogens is 1. The molecule has 7 heteroatoms. The van der Waals surface area contributed by atoms with Crippen molar-refractivity contribution in [3.05, 3.63) is 22.4 Å². The molecular weight excluding hydrogens is 411 g/mol. The van der Waals surface area contributed by atoms with Gasteiger partial charge in [0.2, 0.25) is 5.91 Å². The van der Waals surface area contributed by atoms with E-state index in [-0.39, 0.29) is 29.9 Å². The summed E-state index contributed by atoms with van der Waals surface area (Å²) in [6, 6.07) is 4.09. The second-order valence-electron chi connectivity index (χ2n) is 5.37. The molecule has 1 heterocycles. The lowest BCUT2D eigenvalue weighted by Gasteiger charge is -2.24. The van der Waals surface area contributed by atoms with Crippen molar-refractivity contribution in [1.82, 2.24) is 16.0 Å². The Bertz CT molecular complexity index is 460. The third-order valence-corrected chi connectivity index (χ3v) is 3.83. The summed E-state index contributed by atoms with van der Waals surface area (Å²) in [6.07, 6.45) is 0. The lowest BCUT2D eigenvalue weighted by molar-refractivity contribution is -0.128. The van der Waals surface area contributed by atoms with Crippen LogP contribution in [0.15, 0.2) is 22.5 Å². The van der Waals surface area contributed by atoms with E-state index in [1.807, 2.05) is 39.1 Å². The Hall–Kier alpha value is -0.830. The van der Waals surface area contributed by atoms with Crippen molar-refractivity contribution >= 4 is 47.2 Å². The lowest BCUT2D eigenvalue weighted by Crippen LogP contribution is -2.47. The summed E-state index contributed by atoms with van der Waals surface area (Å²) >= 11 is 1.69. The van der Waals surface area contributed by atoms with Gasteiger partial charge >= 0.3 is 0 Å². The van der Waals surface area contributed by atoms with Crippen molar-refractivity contribution in [3.8, 4) is 0 Å². The molecule has 0 aliphatic rings. The van der Waals surface area contributed by atoms with Crippen LogP contribution in [0.5, 0.6) is 0 Å². The smallest absolute Gasteiger partial charge is 0.227 e. The van der Waals surface area contributed by atoms with Crippen LogP contribution in [0, 0.1) is 5.41 Å². The Kier molecular flexibility index (Phi) is 10.4. The highest BCUT2D eigenvalue weighted by atomic mass is 127. The number of nitrogens with zero attached hydrogens (tertiary/aromatic N) is 1. The summed E-state index contributed by atoms with van der Waals surface area (Å²) in [5, 5.41) is 11.3. The molecule has 0 atom stereocenters. The van der Waals surface area contributed by atoms with E-state index in [1.165, 1.54) is 4.88 Å². The van der Waals surface area contributed by atoms with E-state index in [1.54, 1.807) is 11.3 Å². The zero-order valence-corrected chi connectivity index (χ0v) is 16.9. The molecule has 1 aromatic heterocycles. The highest BCUT2D eigenvalue weighted by molar-refractivity contribution is 14.0. The van der Waals surface area contributed by atoms with E-state index < -0.39 is 5.41 Å². The molecule has 0 aliphatic heterocycles. The number of aliphatic imine (C=N–C) groups is 1. The molecule has 0 radical (unpaired) electrons. The van der Waals surface area contributed by atoms with Gasteiger partial charge in [-0.2, -0.15) is 0 Å². The topological polar surface area (TPSA) is 65.5 Å². The number of carbonyl (C=O) groups is 1. The molecule has 1 amide bonds. The highest BCUT2D eigenvalue weighted by Gasteiger charge is 2.27. The van der Waals surface area contributed by atoms with Crippen molar-refractivity contribution < 1.29 is 4.79 Å². The minimum Gasteiger partial charge on any atom is -0.357 e. The van der Waals surface area contributed by atoms with Gasteiger partial charge in [-0.05, 0) is 39.1 Å². The first-order chi connectivity index (χ1) is 9.99. The molecule has 0 fully saturated rings. The van der Waals surface area contributed by atoms with Crippen molar-refractivity contribution in [2.75, 3.05) is 19.6 Å². The van der Waals surface area contributed by atoms with Gasteiger partial charge in [0, 0.05) is 24.5 Å². The van der Waals surface area contributed by atoms with Crippen LogP contribution >= 0.6 is 35.3 Å². The van der Waals surface area contributed by atoms with Crippen LogP contribution in [-0.4, -0.2) is 31.5 Å². The molecule has 0 aromatic carbocycles. The number of hydrogen-bond acceptors (Lipinski definition) is 3. The Morgan fingerprint density at radius 2 is 1.91 bits per heavy atom. The first-order valence-corrected chi connectivity index (χ1v) is 8.20. The lowest BCUT2D eigenvalue weighted by atomic mass is 9.92. The summed E-state index contributed by atoms with van der Waals surface area (Å²) < 4.78 is 0. The zero-order valence-electron chi connectivity index (χ0n) is 13.7. The summed E-state index contributed by atoms with van der Waals surface area (Å²) in [5.74, 6) is 0.787. The molecular formula is C15H27IN4OS. The van der Waals surface area contributed by atoms with E-state index in [0.717, 1.165) is 12.5 Å². The molecule has 0 bridgehead atoms. The van der Waals surface area contributed by atoms with Crippen molar-refractivity contribution in [2.45, 2.75) is 34.2 Å². The molecule has 0 aliphatic carbocycles. The third-order valence-electron chi connectivity index (χ3n) is 2.97. The average molecular weight is 438 g/mol. The molecule has 22 heavy (non-hydrogen) atoms. The van der Waals surface area contributed by atoms with Crippen LogP contribution in [-0.2, 0) is 11.3 Å². The zero-order chi connectivity index (χ0) is 15.7. The van der Waals surface area contributed by atoms with Crippen LogP contribution in [0.2, 0.25) is 0 Å². The Morgan fingerprint density at radius 3 is 2.45 bits per heavy atom. The van der Waals surface area contributed by atoms with Gasteiger partial charge in [-0.25, -0.2) is 4.99 Å². The molecule has 3 N–H and O–H groups in total. The van der Waals surface area contributed by atoms with Crippen molar-refractivity contribution in [3.63, 3.8) is 0 Å². The molecule has 5 nitrogen and oxygen atoms in total. The first-order valence-electron chi connectivity index (χ1n) is 7.32. The van der Waals surface area contributed by atoms with Crippen LogP contribution < -0.4 is 16.0 Å². The fourth-order valence-corrected chi connectivity index (χ4v) is 2.31. The van der Waals surface area contributed by atoms with Crippen LogP contribution in [0.1, 0.15) is 32.6 Å². The van der Waals surface area contributed by atoms with E-state index >= 15 is 0 Å². The molecule has 126 valence electrons. The summed E-state index contributed by atoms with van der Waals surface area (Å²) in [7, 11) is 0. The predicted octanol–water partition coefficient (Wildman–Crippen LogP) is 2.58. The second kappa shape index (κ2) is 10.8. The third kappa shape index (κ3) is 7.44. The number of nitrogens with one attached hydrogen (secondary N) is 3. The fraction of sp³-hybridized carbons (Fsp3) is 0.600. The van der Waals surface area contributed by atoms with Gasteiger partial charge in [0.1, 0.15) is 0 Å². The Morgan fingerprint density at radius 1 is 1.23 bits per heavy atom. The van der Waals surface area contributed by atoms with E-state index in [2.05, 4.69) is 27.0 Å². The highest BCUT2D eigenvalue weighted by Crippen LogP contribution is 2.13. The quantitative estimate of drug-likeness (QED) is 0.348. The van der Waals surface area contributed by atoms with Gasteiger partial charge in [0.25, 0.3) is 0 Å². The normalized spacial score (nSPS) is 11.5. The molecule has 0 unspecified atom stereocenters. The predicted molar refractivity (Wildman–Crippen MR) is 105 cm³/mol. The fourth-order valence-electron chi connectivity index (χ4n) is 1.69. The standard InChI is InChI=1S/C15H26N4OS.HI/c1-5-16-13(20)15(3,4)11-19-14(17-6-2)18-10-12-8-7-9-21-12;/h7-9H,5-6,10-11H2,1-4H3,(H,16,20)(H2,17,18,19);1H. The van der Waals surface area contributed by atoms with Crippen molar-refractivity contribution in [2.24, 2.45) is 10.4 Å². The number of guanidine groups is 1. The molecule has 1 aromatic rings. The number of rotatable bonds is 7. The molecule has 0 saturated heterocycles. The van der Waals surface area contributed by atoms with Crippen LogP contribution in [0.3, 0.4) is 0 Å². The summed E-state index contributed by atoms with van der Waals surface area (Å²) in [6.45, 7) is 10.4. The van der Waals surface area contributed by atoms with Gasteiger partial charge in [-0.15, -0.1) is 35.3 Å². The molecule has 0 saturated carbocycles. The number of hydrogen-bond donors (Lipinski definition) is 3.